The fraction of sp³-hybridized carbons (Fsp3) is 0.846. The van der Waals surface area contributed by atoms with E-state index in [0.29, 0.717) is 0 Å². The molecule has 100 valence electrons. The molecule has 3 amide bonds. The maximum atomic E-state index is 10.7. The zero-order valence-corrected chi connectivity index (χ0v) is 11.7. The van der Waals surface area contributed by atoms with Gasteiger partial charge >= 0.3 is 6.03 Å². The van der Waals surface area contributed by atoms with Gasteiger partial charge in [0.2, 0.25) is 0 Å². The second-order valence-electron chi connectivity index (χ2n) is 5.42. The minimum Gasteiger partial charge on any atom is -0.324 e. The van der Waals surface area contributed by atoms with Crippen LogP contribution in [0.3, 0.4) is 0 Å². The highest BCUT2D eigenvalue weighted by Crippen LogP contribution is 2.07. The van der Waals surface area contributed by atoms with E-state index in [2.05, 4.69) is 31.4 Å². The van der Waals surface area contributed by atoms with E-state index in [-0.39, 0.29) is 5.91 Å². The largest absolute Gasteiger partial charge is 0.324 e. The Morgan fingerprint density at radius 1 is 1.18 bits per heavy atom. The van der Waals surface area contributed by atoms with Crippen molar-refractivity contribution in [3.05, 3.63) is 0 Å². The minimum atomic E-state index is -0.725. The molecule has 2 N–H and O–H groups in total. The third-order valence-corrected chi connectivity index (χ3v) is 2.61. The van der Waals surface area contributed by atoms with Crippen molar-refractivity contribution in [1.29, 1.82) is 0 Å². The highest BCUT2D eigenvalue weighted by atomic mass is 16.2. The van der Waals surface area contributed by atoms with Crippen molar-refractivity contribution in [3.8, 4) is 0 Å². The Morgan fingerprint density at radius 2 is 1.76 bits per heavy atom. The van der Waals surface area contributed by atoms with Crippen molar-refractivity contribution in [2.75, 3.05) is 0 Å². The normalized spacial score (nSPS) is 17.3. The molecule has 0 aromatic rings. The zero-order chi connectivity index (χ0) is 13.5. The molecule has 1 heterocycles. The maximum Gasteiger partial charge on any atom is 0.322 e. The molecular formula is C13H26N2O2. The molecule has 0 aromatic heterocycles. The quantitative estimate of drug-likeness (QED) is 0.588. The van der Waals surface area contributed by atoms with E-state index in [9.17, 15) is 9.59 Å². The molecule has 0 bridgehead atoms. The lowest BCUT2D eigenvalue weighted by molar-refractivity contribution is -0.122. The Morgan fingerprint density at radius 3 is 2.00 bits per heavy atom. The summed E-state index contributed by atoms with van der Waals surface area (Å²) in [5, 5.41) is 4.56. The van der Waals surface area contributed by atoms with Crippen LogP contribution in [0.2, 0.25) is 0 Å². The van der Waals surface area contributed by atoms with Gasteiger partial charge in [-0.2, -0.15) is 0 Å². The second-order valence-corrected chi connectivity index (χ2v) is 5.42. The number of imide groups is 1. The number of carbonyl (C=O) groups excluding carboxylic acids is 2. The van der Waals surface area contributed by atoms with Gasteiger partial charge in [0, 0.05) is 0 Å². The summed E-state index contributed by atoms with van der Waals surface area (Å²) in [4.78, 5) is 21.1. The van der Waals surface area contributed by atoms with Gasteiger partial charge in [0.05, 0.1) is 0 Å². The number of unbranched alkanes of at least 4 members (excludes halogenated alkanes) is 2. The number of hydrogen-bond acceptors (Lipinski definition) is 2. The van der Waals surface area contributed by atoms with Gasteiger partial charge in [0.1, 0.15) is 5.54 Å². The standard InChI is InChI=1S/C8H18.C5H8N2O2/c1-4-5-6-7-8(2)3;1-5(2)3(8)6-4(9)7-5/h8H,4-7H2,1-3H3;1-2H3,(H2,6,7,8,9). The Hall–Kier alpha value is -1.06. The summed E-state index contributed by atoms with van der Waals surface area (Å²) < 4.78 is 0. The van der Waals surface area contributed by atoms with Crippen molar-refractivity contribution < 1.29 is 9.59 Å². The molecule has 1 aliphatic rings. The molecule has 0 aliphatic carbocycles. The molecule has 1 aliphatic heterocycles. The van der Waals surface area contributed by atoms with Crippen LogP contribution >= 0.6 is 0 Å². The molecular weight excluding hydrogens is 216 g/mol. The molecule has 17 heavy (non-hydrogen) atoms. The average Bonchev–Trinajstić information content (AvgIpc) is 2.39. The fourth-order valence-corrected chi connectivity index (χ4v) is 1.43. The third kappa shape index (κ3) is 6.97. The predicted octanol–water partition coefficient (Wildman–Crippen LogP) is 2.83. The molecule has 4 nitrogen and oxygen atoms in total. The van der Waals surface area contributed by atoms with Crippen LogP contribution in [0.5, 0.6) is 0 Å². The molecule has 0 aromatic carbocycles. The van der Waals surface area contributed by atoms with E-state index in [1.54, 1.807) is 13.8 Å². The summed E-state index contributed by atoms with van der Waals surface area (Å²) in [7, 11) is 0. The molecule has 1 fully saturated rings. The summed E-state index contributed by atoms with van der Waals surface area (Å²) in [6.07, 6.45) is 5.60. The number of urea groups is 1. The summed E-state index contributed by atoms with van der Waals surface area (Å²) in [6, 6.07) is -0.412. The van der Waals surface area contributed by atoms with Gasteiger partial charge in [0.15, 0.2) is 0 Å². The summed E-state index contributed by atoms with van der Waals surface area (Å²) in [5.74, 6) is 0.633. The predicted molar refractivity (Wildman–Crippen MR) is 69.7 cm³/mol. The van der Waals surface area contributed by atoms with Crippen LogP contribution in [0.25, 0.3) is 0 Å². The van der Waals surface area contributed by atoms with Crippen LogP contribution in [0.4, 0.5) is 4.79 Å². The molecule has 4 heteroatoms. The monoisotopic (exact) mass is 242 g/mol. The van der Waals surface area contributed by atoms with E-state index in [0.717, 1.165) is 5.92 Å². The first-order valence-corrected chi connectivity index (χ1v) is 6.43. The van der Waals surface area contributed by atoms with Gasteiger partial charge in [0.25, 0.3) is 5.91 Å². The molecule has 0 atom stereocenters. The number of carbonyl (C=O) groups is 2. The van der Waals surface area contributed by atoms with Crippen LogP contribution in [0, 0.1) is 5.92 Å². The van der Waals surface area contributed by atoms with Crippen molar-refractivity contribution in [2.24, 2.45) is 5.92 Å². The Kier molecular flexibility index (Phi) is 6.85. The SMILES string of the molecule is CC1(C)NC(=O)NC1=O.CCCCCC(C)C. The Balaban J connectivity index is 0.000000304. The highest BCUT2D eigenvalue weighted by Gasteiger charge is 2.36. The number of rotatable bonds is 4. The molecule has 1 saturated heterocycles. The minimum absolute atomic E-state index is 0.271. The van der Waals surface area contributed by atoms with Crippen molar-refractivity contribution in [1.82, 2.24) is 10.6 Å². The van der Waals surface area contributed by atoms with Crippen molar-refractivity contribution in [3.63, 3.8) is 0 Å². The van der Waals surface area contributed by atoms with Crippen LogP contribution in [-0.4, -0.2) is 17.5 Å². The maximum absolute atomic E-state index is 10.7. The van der Waals surface area contributed by atoms with Crippen LogP contribution in [0.15, 0.2) is 0 Å². The lowest BCUT2D eigenvalue weighted by Gasteiger charge is -2.11. The van der Waals surface area contributed by atoms with E-state index >= 15 is 0 Å². The number of hydrogen-bond donors (Lipinski definition) is 2. The van der Waals surface area contributed by atoms with Gasteiger partial charge in [-0.05, 0) is 19.8 Å². The highest BCUT2D eigenvalue weighted by molar-refractivity contribution is 6.06. The second kappa shape index (κ2) is 7.30. The molecule has 0 unspecified atom stereocenters. The van der Waals surface area contributed by atoms with Gasteiger partial charge in [-0.25, -0.2) is 4.79 Å². The molecule has 0 saturated carbocycles. The number of nitrogens with one attached hydrogen (secondary N) is 2. The van der Waals surface area contributed by atoms with E-state index < -0.39 is 11.6 Å². The fourth-order valence-electron chi connectivity index (χ4n) is 1.43. The van der Waals surface area contributed by atoms with Gasteiger partial charge < -0.3 is 5.32 Å². The lowest BCUT2D eigenvalue weighted by atomic mass is 10.1. The van der Waals surface area contributed by atoms with Crippen LogP contribution < -0.4 is 10.6 Å². The number of amides is 3. The lowest BCUT2D eigenvalue weighted by Crippen LogP contribution is -2.39. The first-order chi connectivity index (χ1) is 7.79. The van der Waals surface area contributed by atoms with E-state index in [4.69, 9.17) is 0 Å². The summed E-state index contributed by atoms with van der Waals surface area (Å²) in [5.41, 5.74) is -0.725. The molecule has 1 rings (SSSR count). The van der Waals surface area contributed by atoms with Gasteiger partial charge in [-0.15, -0.1) is 0 Å². The first-order valence-electron chi connectivity index (χ1n) is 6.43. The van der Waals surface area contributed by atoms with Crippen molar-refractivity contribution in [2.45, 2.75) is 65.8 Å². The Labute approximate surface area is 105 Å². The Bertz CT molecular complexity index is 260. The topological polar surface area (TPSA) is 58.2 Å². The van der Waals surface area contributed by atoms with E-state index in [1.165, 1.54) is 25.7 Å². The van der Waals surface area contributed by atoms with Crippen LogP contribution in [-0.2, 0) is 4.79 Å². The smallest absolute Gasteiger partial charge is 0.322 e. The summed E-state index contributed by atoms with van der Waals surface area (Å²) >= 11 is 0. The van der Waals surface area contributed by atoms with Crippen molar-refractivity contribution >= 4 is 11.9 Å². The first kappa shape index (κ1) is 15.9. The van der Waals surface area contributed by atoms with Gasteiger partial charge in [-0.1, -0.05) is 46.5 Å². The average molecular weight is 242 g/mol. The molecule has 0 radical (unpaired) electrons. The van der Waals surface area contributed by atoms with Crippen LogP contribution in [0.1, 0.15) is 60.3 Å². The van der Waals surface area contributed by atoms with E-state index in [1.807, 2.05) is 0 Å². The summed E-state index contributed by atoms with van der Waals surface area (Å²) in [6.45, 7) is 10.1. The zero-order valence-electron chi connectivity index (χ0n) is 11.7. The third-order valence-electron chi connectivity index (χ3n) is 2.61. The van der Waals surface area contributed by atoms with Gasteiger partial charge in [-0.3, -0.25) is 10.1 Å². The molecule has 0 spiro atoms.